The number of carbonyl (C=O) groups is 3. The van der Waals surface area contributed by atoms with E-state index in [1.807, 2.05) is 55.5 Å². The Labute approximate surface area is 248 Å². The van der Waals surface area contributed by atoms with Crippen LogP contribution in [0.1, 0.15) is 30.9 Å². The van der Waals surface area contributed by atoms with Crippen molar-refractivity contribution in [3.05, 3.63) is 83.9 Å². The fraction of sp³-hybridized carbons (Fsp3) is 0.258. The minimum absolute atomic E-state index is 0.108. The number of anilines is 1. The number of nitrogens with zero attached hydrogens (tertiary/aromatic N) is 3. The van der Waals surface area contributed by atoms with Crippen LogP contribution in [0, 0.1) is 0 Å². The van der Waals surface area contributed by atoms with Crippen LogP contribution in [-0.2, 0) is 20.9 Å². The van der Waals surface area contributed by atoms with E-state index in [1.165, 1.54) is 16.7 Å². The number of hydrogen-bond donors (Lipinski definition) is 2. The highest BCUT2D eigenvalue weighted by Gasteiger charge is 2.43. The summed E-state index contributed by atoms with van der Waals surface area (Å²) in [5.74, 6) is 0.920. The molecule has 2 aliphatic heterocycles. The smallest absolute Gasteiger partial charge is 0.259 e. The Hall–Kier alpha value is -4.64. The molecule has 2 atom stereocenters. The van der Waals surface area contributed by atoms with Crippen LogP contribution in [0.2, 0.25) is 0 Å². The molecule has 0 spiro atoms. The van der Waals surface area contributed by atoms with Gasteiger partial charge in [-0.15, -0.1) is 0 Å². The fourth-order valence-corrected chi connectivity index (χ4v) is 5.60. The van der Waals surface area contributed by atoms with Gasteiger partial charge in [0.25, 0.3) is 5.91 Å². The van der Waals surface area contributed by atoms with E-state index in [9.17, 15) is 14.4 Å². The zero-order valence-corrected chi connectivity index (χ0v) is 24.3. The van der Waals surface area contributed by atoms with Crippen molar-refractivity contribution in [2.75, 3.05) is 19.5 Å². The van der Waals surface area contributed by atoms with Crippen molar-refractivity contribution in [3.8, 4) is 11.5 Å². The molecule has 3 aromatic rings. The Morgan fingerprint density at radius 1 is 1.00 bits per heavy atom. The lowest BCUT2D eigenvalue weighted by atomic mass is 10.1. The number of ether oxygens (including phenoxy) is 2. The minimum atomic E-state index is -0.904. The maximum absolute atomic E-state index is 13.7. The summed E-state index contributed by atoms with van der Waals surface area (Å²) >= 11 is 1.20. The fourth-order valence-electron chi connectivity index (χ4n) is 4.58. The maximum atomic E-state index is 13.7. The van der Waals surface area contributed by atoms with Gasteiger partial charge in [-0.1, -0.05) is 49.0 Å². The summed E-state index contributed by atoms with van der Waals surface area (Å²) in [6.07, 6.45) is 0.384. The van der Waals surface area contributed by atoms with Crippen LogP contribution in [0.3, 0.4) is 0 Å². The molecule has 3 aromatic carbocycles. The molecule has 5 rings (SSSR count). The molecule has 0 radical (unpaired) electrons. The van der Waals surface area contributed by atoms with Crippen molar-refractivity contribution in [3.63, 3.8) is 0 Å². The van der Waals surface area contributed by atoms with Gasteiger partial charge in [-0.05, 0) is 48.4 Å². The van der Waals surface area contributed by atoms with Crippen molar-refractivity contribution in [2.24, 2.45) is 9.98 Å². The standard InChI is InChI=1S/C31H31N5O5S/c1-4-26(29(38)33-20-8-7-9-22(16-20)41-3)42-31-35-24-11-6-5-10-23(24)28-34-25(30(39)36(28)31)17-27(37)32-18-19-12-14-21(40-2)15-13-19/h5-16,25-26H,4,17-18H2,1-3H3,(H,32,37)(H,33,38). The van der Waals surface area contributed by atoms with Crippen molar-refractivity contribution in [1.29, 1.82) is 0 Å². The highest BCUT2D eigenvalue weighted by molar-refractivity contribution is 8.15. The zero-order valence-electron chi connectivity index (χ0n) is 23.5. The quantitative estimate of drug-likeness (QED) is 0.361. The molecule has 2 unspecified atom stereocenters. The number of nitrogens with one attached hydrogen (secondary N) is 2. The maximum Gasteiger partial charge on any atom is 0.259 e. The number of carbonyl (C=O) groups excluding carboxylic acids is 3. The number of rotatable bonds is 10. The van der Waals surface area contributed by atoms with Crippen LogP contribution in [0.5, 0.6) is 11.5 Å². The number of thioether (sulfide) groups is 1. The summed E-state index contributed by atoms with van der Waals surface area (Å²) in [5.41, 5.74) is 2.86. The largest absolute Gasteiger partial charge is 0.497 e. The minimum Gasteiger partial charge on any atom is -0.497 e. The monoisotopic (exact) mass is 585 g/mol. The van der Waals surface area contributed by atoms with Gasteiger partial charge in [0.05, 0.1) is 31.6 Å². The predicted molar refractivity (Wildman–Crippen MR) is 163 cm³/mol. The summed E-state index contributed by atoms with van der Waals surface area (Å²) in [7, 11) is 3.16. The third-order valence-corrected chi connectivity index (χ3v) is 8.14. The summed E-state index contributed by atoms with van der Waals surface area (Å²) in [6, 6.07) is 21.0. The molecule has 0 fully saturated rings. The number of amidine groups is 2. The summed E-state index contributed by atoms with van der Waals surface area (Å²) in [6.45, 7) is 2.22. The number of benzene rings is 3. The first kappa shape index (κ1) is 28.9. The van der Waals surface area contributed by atoms with Crippen molar-refractivity contribution < 1.29 is 23.9 Å². The van der Waals surface area contributed by atoms with E-state index >= 15 is 0 Å². The molecule has 42 heavy (non-hydrogen) atoms. The molecule has 0 aliphatic carbocycles. The van der Waals surface area contributed by atoms with Crippen LogP contribution in [0.15, 0.2) is 82.8 Å². The lowest BCUT2D eigenvalue weighted by Crippen LogP contribution is -2.43. The Bertz CT molecular complexity index is 1560. The number of hydrogen-bond acceptors (Lipinski definition) is 8. The summed E-state index contributed by atoms with van der Waals surface area (Å²) in [4.78, 5) is 50.6. The van der Waals surface area contributed by atoms with Gasteiger partial charge < -0.3 is 20.1 Å². The third-order valence-electron chi connectivity index (χ3n) is 6.82. The van der Waals surface area contributed by atoms with Crippen molar-refractivity contribution >= 4 is 51.9 Å². The molecule has 11 heteroatoms. The van der Waals surface area contributed by atoms with E-state index in [0.717, 1.165) is 11.3 Å². The molecule has 0 saturated carbocycles. The number of amides is 3. The second-order valence-corrected chi connectivity index (χ2v) is 10.8. The molecular weight excluding hydrogens is 554 g/mol. The van der Waals surface area contributed by atoms with Gasteiger partial charge in [0.2, 0.25) is 11.8 Å². The van der Waals surface area contributed by atoms with Crippen LogP contribution in [0.25, 0.3) is 0 Å². The Balaban J connectivity index is 1.31. The lowest BCUT2D eigenvalue weighted by Gasteiger charge is -2.27. The molecule has 2 aliphatic rings. The Morgan fingerprint density at radius 2 is 1.76 bits per heavy atom. The molecule has 0 aromatic heterocycles. The number of fused-ring (bicyclic) bond motifs is 3. The van der Waals surface area contributed by atoms with E-state index in [1.54, 1.807) is 38.5 Å². The van der Waals surface area contributed by atoms with Crippen molar-refractivity contribution in [2.45, 2.75) is 37.6 Å². The molecule has 2 N–H and O–H groups in total. The van der Waals surface area contributed by atoms with Gasteiger partial charge in [-0.2, -0.15) is 0 Å². The Kier molecular flexibility index (Phi) is 8.87. The number of methoxy groups -OCH3 is 2. The van der Waals surface area contributed by atoms with Gasteiger partial charge in [-0.3, -0.25) is 19.4 Å². The van der Waals surface area contributed by atoms with E-state index in [0.29, 0.717) is 46.7 Å². The average molecular weight is 586 g/mol. The van der Waals surface area contributed by atoms with Crippen LogP contribution >= 0.6 is 11.8 Å². The molecule has 10 nitrogen and oxygen atoms in total. The second kappa shape index (κ2) is 12.9. The molecule has 0 bridgehead atoms. The lowest BCUT2D eigenvalue weighted by molar-refractivity contribution is -0.128. The topological polar surface area (TPSA) is 122 Å². The first-order valence-corrected chi connectivity index (χ1v) is 14.4. The molecule has 216 valence electrons. The number of para-hydroxylation sites is 1. The molecule has 3 amide bonds. The molecule has 0 saturated heterocycles. The summed E-state index contributed by atoms with van der Waals surface area (Å²) in [5, 5.41) is 5.61. The predicted octanol–water partition coefficient (Wildman–Crippen LogP) is 4.52. The van der Waals surface area contributed by atoms with Gasteiger partial charge in [0.1, 0.15) is 23.4 Å². The SMILES string of the molecule is CCC(SC1=Nc2ccccc2C2=NC(CC(=O)NCc3ccc(OC)cc3)C(=O)N12)C(=O)Nc1cccc(OC)c1. The van der Waals surface area contributed by atoms with E-state index in [-0.39, 0.29) is 24.1 Å². The first-order chi connectivity index (χ1) is 20.4. The van der Waals surface area contributed by atoms with Crippen LogP contribution < -0.4 is 20.1 Å². The number of aliphatic imine (C=N–C) groups is 2. The van der Waals surface area contributed by atoms with Gasteiger partial charge in [0, 0.05) is 23.9 Å². The van der Waals surface area contributed by atoms with E-state index in [4.69, 9.17) is 14.5 Å². The van der Waals surface area contributed by atoms with Crippen LogP contribution in [0.4, 0.5) is 11.4 Å². The summed E-state index contributed by atoms with van der Waals surface area (Å²) < 4.78 is 10.4. The molecular formula is C31H31N5O5S. The third kappa shape index (κ3) is 6.31. The molecule has 2 heterocycles. The highest BCUT2D eigenvalue weighted by atomic mass is 32.2. The van der Waals surface area contributed by atoms with E-state index < -0.39 is 11.3 Å². The van der Waals surface area contributed by atoms with Crippen molar-refractivity contribution in [1.82, 2.24) is 10.2 Å². The normalized spacial score (nSPS) is 16.0. The van der Waals surface area contributed by atoms with Crippen LogP contribution in [-0.4, -0.2) is 59.1 Å². The van der Waals surface area contributed by atoms with Gasteiger partial charge in [0.15, 0.2) is 5.17 Å². The van der Waals surface area contributed by atoms with E-state index in [2.05, 4.69) is 15.6 Å². The zero-order chi connectivity index (χ0) is 29.6. The highest BCUT2D eigenvalue weighted by Crippen LogP contribution is 2.36. The Morgan fingerprint density at radius 3 is 2.50 bits per heavy atom. The second-order valence-electron chi connectivity index (χ2n) is 9.62. The average Bonchev–Trinajstić information content (AvgIpc) is 3.34. The first-order valence-electron chi connectivity index (χ1n) is 13.5. The van der Waals surface area contributed by atoms with Gasteiger partial charge in [-0.25, -0.2) is 9.89 Å². The van der Waals surface area contributed by atoms with Gasteiger partial charge >= 0.3 is 0 Å².